The third-order valence-electron chi connectivity index (χ3n) is 6.02. The lowest BCUT2D eigenvalue weighted by Crippen LogP contribution is -2.41. The van der Waals surface area contributed by atoms with Crippen LogP contribution in [-0.4, -0.2) is 31.5 Å². The van der Waals surface area contributed by atoms with Crippen LogP contribution in [0.5, 0.6) is 5.75 Å². The van der Waals surface area contributed by atoms with Gasteiger partial charge in [0.05, 0.1) is 25.2 Å². The molecule has 3 aliphatic rings. The summed E-state index contributed by atoms with van der Waals surface area (Å²) < 4.78 is 16.6. The molecule has 0 radical (unpaired) electrons. The summed E-state index contributed by atoms with van der Waals surface area (Å²) in [5.41, 5.74) is 13.5. The predicted molar refractivity (Wildman–Crippen MR) is 104 cm³/mol. The van der Waals surface area contributed by atoms with Gasteiger partial charge in [0.2, 0.25) is 5.88 Å². The molecule has 154 valence electrons. The molecule has 1 aromatic carbocycles. The van der Waals surface area contributed by atoms with E-state index in [1.807, 2.05) is 24.3 Å². The van der Waals surface area contributed by atoms with E-state index in [0.717, 1.165) is 24.2 Å². The van der Waals surface area contributed by atoms with Crippen LogP contribution in [0.15, 0.2) is 35.7 Å². The second-order valence-electron chi connectivity index (χ2n) is 7.75. The predicted octanol–water partition coefficient (Wildman–Crippen LogP) is 1.80. The van der Waals surface area contributed by atoms with E-state index in [2.05, 4.69) is 16.9 Å². The number of hydrazine groups is 1. The molecule has 0 amide bonds. The first-order valence-electron chi connectivity index (χ1n) is 10.0. The topological polar surface area (TPSA) is 119 Å². The number of nitrogens with zero attached hydrogens (tertiary/aromatic N) is 1. The fourth-order valence-electron chi connectivity index (χ4n) is 4.57. The molecule has 29 heavy (non-hydrogen) atoms. The highest BCUT2D eigenvalue weighted by Gasteiger charge is 2.49. The van der Waals surface area contributed by atoms with Crippen molar-refractivity contribution in [1.29, 1.82) is 5.26 Å². The van der Waals surface area contributed by atoms with Crippen molar-refractivity contribution in [3.8, 4) is 11.8 Å². The number of nitriles is 1. The molecular formula is C21H26N4O4. The number of esters is 1. The van der Waals surface area contributed by atoms with E-state index in [4.69, 9.17) is 19.9 Å². The highest BCUT2D eigenvalue weighted by Crippen LogP contribution is 2.43. The van der Waals surface area contributed by atoms with Crippen LogP contribution in [0.4, 0.5) is 0 Å². The second kappa shape index (κ2) is 8.31. The minimum Gasteiger partial charge on any atom is -0.490 e. The second-order valence-corrected chi connectivity index (χ2v) is 7.75. The Morgan fingerprint density at radius 3 is 2.66 bits per heavy atom. The highest BCUT2D eigenvalue weighted by atomic mass is 16.5. The van der Waals surface area contributed by atoms with Crippen LogP contribution >= 0.6 is 0 Å². The Morgan fingerprint density at radius 2 is 2.00 bits per heavy atom. The first kappa shape index (κ1) is 19.6. The minimum atomic E-state index is -0.443. The third kappa shape index (κ3) is 3.88. The summed E-state index contributed by atoms with van der Waals surface area (Å²) in [4.78, 5) is 11.9. The summed E-state index contributed by atoms with van der Waals surface area (Å²) in [6.45, 7) is 0. The molecule has 1 aliphatic carbocycles. The van der Waals surface area contributed by atoms with E-state index in [-0.39, 0.29) is 42.3 Å². The average molecular weight is 398 g/mol. The first-order valence-corrected chi connectivity index (χ1v) is 10.0. The van der Waals surface area contributed by atoms with Crippen molar-refractivity contribution in [2.24, 2.45) is 11.7 Å². The Labute approximate surface area is 170 Å². The molecule has 0 spiro atoms. The van der Waals surface area contributed by atoms with Crippen molar-refractivity contribution in [3.05, 3.63) is 41.3 Å². The van der Waals surface area contributed by atoms with Crippen molar-refractivity contribution in [1.82, 2.24) is 10.9 Å². The average Bonchev–Trinajstić information content (AvgIpc) is 3.37. The molecule has 0 bridgehead atoms. The summed E-state index contributed by atoms with van der Waals surface area (Å²) >= 11 is 0. The van der Waals surface area contributed by atoms with Gasteiger partial charge >= 0.3 is 5.97 Å². The fraction of sp³-hybridized carbons (Fsp3) is 0.524. The van der Waals surface area contributed by atoms with Gasteiger partial charge < -0.3 is 19.9 Å². The molecule has 1 saturated carbocycles. The van der Waals surface area contributed by atoms with Gasteiger partial charge in [-0.1, -0.05) is 12.1 Å². The van der Waals surface area contributed by atoms with Gasteiger partial charge in [-0.2, -0.15) is 5.26 Å². The van der Waals surface area contributed by atoms with Crippen LogP contribution in [0.3, 0.4) is 0 Å². The largest absolute Gasteiger partial charge is 0.490 e. The van der Waals surface area contributed by atoms with Crippen molar-refractivity contribution in [3.63, 3.8) is 0 Å². The molecule has 0 aromatic heterocycles. The Morgan fingerprint density at radius 1 is 1.28 bits per heavy atom. The molecule has 2 aliphatic heterocycles. The maximum absolute atomic E-state index is 11.9. The van der Waals surface area contributed by atoms with Crippen molar-refractivity contribution in [2.75, 3.05) is 7.11 Å². The standard InChI is InChI=1S/C21H26N4O4/c1-27-17(26)10-16-19-18(15(11-22)20(23)29-21(19)25-24-16)12-6-8-14(9-7-12)28-13-4-2-3-5-13/h6-9,13,16,18-19,21,24-25H,2-5,10,23H2,1H3. The normalized spacial score (nSPS) is 29.1. The van der Waals surface area contributed by atoms with Gasteiger partial charge in [0.25, 0.3) is 0 Å². The van der Waals surface area contributed by atoms with Gasteiger partial charge in [0.1, 0.15) is 11.8 Å². The van der Waals surface area contributed by atoms with Crippen LogP contribution in [0.1, 0.15) is 43.6 Å². The zero-order chi connectivity index (χ0) is 20.4. The third-order valence-corrected chi connectivity index (χ3v) is 6.02. The number of hydrogen-bond donors (Lipinski definition) is 3. The monoisotopic (exact) mass is 398 g/mol. The highest BCUT2D eigenvalue weighted by molar-refractivity contribution is 5.70. The van der Waals surface area contributed by atoms with Crippen LogP contribution in [-0.2, 0) is 14.3 Å². The number of rotatable bonds is 5. The molecule has 1 saturated heterocycles. The van der Waals surface area contributed by atoms with Crippen LogP contribution in [0, 0.1) is 17.2 Å². The molecule has 2 heterocycles. The maximum atomic E-state index is 11.9. The van der Waals surface area contributed by atoms with Crippen molar-refractivity contribution < 1.29 is 19.0 Å². The van der Waals surface area contributed by atoms with Crippen LogP contribution in [0.25, 0.3) is 0 Å². The number of nitrogens with one attached hydrogen (secondary N) is 2. The first-order chi connectivity index (χ1) is 14.1. The number of ether oxygens (including phenoxy) is 3. The molecule has 4 rings (SSSR count). The molecule has 1 aromatic rings. The molecule has 8 nitrogen and oxygen atoms in total. The summed E-state index contributed by atoms with van der Waals surface area (Å²) in [7, 11) is 1.36. The molecule has 8 heteroatoms. The van der Waals surface area contributed by atoms with Gasteiger partial charge in [-0.05, 0) is 43.4 Å². The van der Waals surface area contributed by atoms with E-state index in [1.54, 1.807) is 0 Å². The summed E-state index contributed by atoms with van der Waals surface area (Å²) in [5, 5.41) is 9.75. The summed E-state index contributed by atoms with van der Waals surface area (Å²) in [6, 6.07) is 9.76. The van der Waals surface area contributed by atoms with E-state index in [9.17, 15) is 10.1 Å². The number of nitrogens with two attached hydrogens (primary N) is 1. The molecule has 4 atom stereocenters. The zero-order valence-electron chi connectivity index (χ0n) is 16.4. The van der Waals surface area contributed by atoms with E-state index >= 15 is 0 Å². The molecule has 4 unspecified atom stereocenters. The summed E-state index contributed by atoms with van der Waals surface area (Å²) in [5.74, 6) is 0.102. The van der Waals surface area contributed by atoms with Crippen molar-refractivity contribution >= 4 is 5.97 Å². The number of allylic oxidation sites excluding steroid dienone is 1. The van der Waals surface area contributed by atoms with E-state index in [1.165, 1.54) is 20.0 Å². The number of benzene rings is 1. The van der Waals surface area contributed by atoms with E-state index < -0.39 is 6.23 Å². The van der Waals surface area contributed by atoms with Crippen LogP contribution < -0.4 is 21.3 Å². The van der Waals surface area contributed by atoms with Gasteiger partial charge in [0.15, 0.2) is 6.23 Å². The lowest BCUT2D eigenvalue weighted by molar-refractivity contribution is -0.141. The van der Waals surface area contributed by atoms with Gasteiger partial charge in [0, 0.05) is 17.9 Å². The maximum Gasteiger partial charge on any atom is 0.307 e. The van der Waals surface area contributed by atoms with Crippen molar-refractivity contribution in [2.45, 2.75) is 56.4 Å². The lowest BCUT2D eigenvalue weighted by Gasteiger charge is -2.35. The molecule has 2 fully saturated rings. The molecule has 4 N–H and O–H groups in total. The fourth-order valence-corrected chi connectivity index (χ4v) is 4.57. The van der Waals surface area contributed by atoms with Gasteiger partial charge in [-0.25, -0.2) is 5.43 Å². The molecular weight excluding hydrogens is 372 g/mol. The van der Waals surface area contributed by atoms with Gasteiger partial charge in [-0.3, -0.25) is 10.2 Å². The van der Waals surface area contributed by atoms with E-state index in [0.29, 0.717) is 5.57 Å². The Kier molecular flexibility index (Phi) is 5.60. The Bertz CT molecular complexity index is 826. The zero-order valence-corrected chi connectivity index (χ0v) is 16.4. The Balaban J connectivity index is 1.61. The minimum absolute atomic E-state index is 0.109. The SMILES string of the molecule is COC(=O)CC1NNC2OC(N)=C(C#N)C(c3ccc(OC4CCCC4)cc3)C12. The number of carbonyl (C=O) groups is 1. The quantitative estimate of drug-likeness (QED) is 0.643. The Hall–Kier alpha value is -2.76. The number of hydrogen-bond acceptors (Lipinski definition) is 8. The number of carbonyl (C=O) groups excluding carboxylic acids is 1. The summed E-state index contributed by atoms with van der Waals surface area (Å²) in [6.07, 6.45) is 4.61. The smallest absolute Gasteiger partial charge is 0.307 e. The number of fused-ring (bicyclic) bond motifs is 1. The lowest BCUT2D eigenvalue weighted by atomic mass is 9.75. The number of methoxy groups -OCH3 is 1. The van der Waals surface area contributed by atoms with Crippen LogP contribution in [0.2, 0.25) is 0 Å². The van der Waals surface area contributed by atoms with Gasteiger partial charge in [-0.15, -0.1) is 0 Å².